The third-order valence-electron chi connectivity index (χ3n) is 6.12. The van der Waals surface area contributed by atoms with Crippen molar-refractivity contribution in [3.63, 3.8) is 0 Å². The van der Waals surface area contributed by atoms with Gasteiger partial charge in [0.1, 0.15) is 0 Å². The van der Waals surface area contributed by atoms with Gasteiger partial charge in [-0.3, -0.25) is 0 Å². The molecule has 0 saturated heterocycles. The molecule has 0 unspecified atom stereocenters. The molecule has 1 aromatic carbocycles. The SMILES string of the molecule is [B]C([B])=C1c2cc(Br)ccc2C[C@@]12CC[C@H](OC)C1(CC1)C2. The number of hydrogen-bond acceptors (Lipinski definition) is 1. The molecule has 0 aliphatic heterocycles. The van der Waals surface area contributed by atoms with Crippen molar-refractivity contribution in [2.75, 3.05) is 7.11 Å². The lowest BCUT2D eigenvalue weighted by atomic mass is 9.58. The lowest BCUT2D eigenvalue weighted by Gasteiger charge is -2.44. The van der Waals surface area contributed by atoms with Crippen LogP contribution in [-0.4, -0.2) is 28.9 Å². The molecule has 4 rings (SSSR count). The molecule has 2 fully saturated rings. The maximum atomic E-state index is 6.16. The zero-order chi connectivity index (χ0) is 15.5. The van der Waals surface area contributed by atoms with Crippen molar-refractivity contribution in [1.82, 2.24) is 0 Å². The molecule has 0 amide bonds. The van der Waals surface area contributed by atoms with E-state index in [1.165, 1.54) is 29.5 Å². The Morgan fingerprint density at radius 2 is 2.05 bits per heavy atom. The van der Waals surface area contributed by atoms with Gasteiger partial charge in [-0.25, -0.2) is 0 Å². The summed E-state index contributed by atoms with van der Waals surface area (Å²) in [5, 5.41) is 0.503. The van der Waals surface area contributed by atoms with Crippen LogP contribution in [0, 0.1) is 10.8 Å². The minimum Gasteiger partial charge on any atom is -0.381 e. The normalized spacial score (nSPS) is 31.5. The van der Waals surface area contributed by atoms with E-state index in [9.17, 15) is 0 Å². The van der Waals surface area contributed by atoms with Gasteiger partial charge in [0.15, 0.2) is 0 Å². The Hall–Kier alpha value is -0.470. The molecule has 2 atom stereocenters. The van der Waals surface area contributed by atoms with E-state index in [1.54, 1.807) is 0 Å². The van der Waals surface area contributed by atoms with E-state index in [2.05, 4.69) is 34.1 Å². The standard InChI is InChI=1S/C18H19B2BrO/c1-22-14-4-5-18(10-17(14)6-7-17)9-11-2-3-12(21)8-13(11)15(18)16(19)20/h2-3,8,14H,4-7,9-10H2,1H3/t14-,18+/m0/s1. The molecule has 4 heteroatoms. The fourth-order valence-corrected chi connectivity index (χ4v) is 5.48. The Kier molecular flexibility index (Phi) is 3.44. The van der Waals surface area contributed by atoms with Gasteiger partial charge in [0.05, 0.1) is 21.8 Å². The van der Waals surface area contributed by atoms with E-state index >= 15 is 0 Å². The highest BCUT2D eigenvalue weighted by Gasteiger charge is 2.59. The van der Waals surface area contributed by atoms with Crippen molar-refractivity contribution >= 4 is 37.2 Å². The van der Waals surface area contributed by atoms with Gasteiger partial charge in [0.25, 0.3) is 0 Å². The summed E-state index contributed by atoms with van der Waals surface area (Å²) in [5.74, 6) is 0. The number of fused-ring (bicyclic) bond motifs is 1. The first kappa shape index (κ1) is 15.1. The van der Waals surface area contributed by atoms with E-state index < -0.39 is 0 Å². The van der Waals surface area contributed by atoms with E-state index in [-0.39, 0.29) is 5.41 Å². The van der Waals surface area contributed by atoms with E-state index in [0.717, 1.165) is 30.2 Å². The monoisotopic (exact) mass is 352 g/mol. The van der Waals surface area contributed by atoms with Gasteiger partial charge in [-0.1, -0.05) is 27.6 Å². The molecule has 1 nitrogen and oxygen atoms in total. The van der Waals surface area contributed by atoms with Gasteiger partial charge in [-0.15, -0.1) is 0 Å². The van der Waals surface area contributed by atoms with E-state index in [1.807, 2.05) is 7.11 Å². The molecule has 4 radical (unpaired) electrons. The second-order valence-corrected chi connectivity index (χ2v) is 8.31. The van der Waals surface area contributed by atoms with Crippen molar-refractivity contribution in [2.45, 2.75) is 44.6 Å². The Bertz CT molecular complexity index is 661. The third kappa shape index (κ3) is 2.10. The Balaban J connectivity index is 1.79. The molecule has 2 saturated carbocycles. The summed E-state index contributed by atoms with van der Waals surface area (Å²) < 4.78 is 6.87. The van der Waals surface area contributed by atoms with Gasteiger partial charge in [0, 0.05) is 11.6 Å². The van der Waals surface area contributed by atoms with Gasteiger partial charge in [0.2, 0.25) is 0 Å². The summed E-state index contributed by atoms with van der Waals surface area (Å²) in [6.07, 6.45) is 7.44. The maximum absolute atomic E-state index is 6.16. The summed E-state index contributed by atoms with van der Waals surface area (Å²) in [5.41, 5.74) is 4.32. The second kappa shape index (κ2) is 5.01. The van der Waals surface area contributed by atoms with Crippen LogP contribution in [0.4, 0.5) is 0 Å². The van der Waals surface area contributed by atoms with Gasteiger partial charge in [-0.2, -0.15) is 5.37 Å². The Morgan fingerprint density at radius 1 is 1.27 bits per heavy atom. The van der Waals surface area contributed by atoms with Crippen LogP contribution in [0.15, 0.2) is 28.0 Å². The van der Waals surface area contributed by atoms with E-state index in [0.29, 0.717) is 16.9 Å². The summed E-state index contributed by atoms with van der Waals surface area (Å²) in [7, 11) is 14.2. The summed E-state index contributed by atoms with van der Waals surface area (Å²) in [4.78, 5) is 0. The van der Waals surface area contributed by atoms with E-state index in [4.69, 9.17) is 20.4 Å². The molecule has 2 spiro atoms. The van der Waals surface area contributed by atoms with Crippen LogP contribution >= 0.6 is 15.9 Å². The predicted molar refractivity (Wildman–Crippen MR) is 95.0 cm³/mol. The van der Waals surface area contributed by atoms with Crippen LogP contribution < -0.4 is 0 Å². The van der Waals surface area contributed by atoms with Gasteiger partial charge < -0.3 is 4.74 Å². The molecule has 3 aliphatic rings. The largest absolute Gasteiger partial charge is 0.381 e. The quantitative estimate of drug-likeness (QED) is 0.695. The highest BCUT2D eigenvalue weighted by atomic mass is 79.9. The number of ether oxygens (including phenoxy) is 1. The van der Waals surface area contributed by atoms with Crippen LogP contribution in [0.3, 0.4) is 0 Å². The zero-order valence-corrected chi connectivity index (χ0v) is 14.6. The van der Waals surface area contributed by atoms with Gasteiger partial charge in [-0.05, 0) is 72.6 Å². The van der Waals surface area contributed by atoms with Crippen molar-refractivity contribution in [1.29, 1.82) is 0 Å². The topological polar surface area (TPSA) is 9.23 Å². The van der Waals surface area contributed by atoms with Crippen molar-refractivity contribution < 1.29 is 4.74 Å². The zero-order valence-electron chi connectivity index (χ0n) is 13.0. The number of benzene rings is 1. The fraction of sp³-hybridized carbons (Fsp3) is 0.556. The minimum atomic E-state index is 0.119. The fourth-order valence-electron chi connectivity index (χ4n) is 5.12. The van der Waals surface area contributed by atoms with Crippen LogP contribution in [0.25, 0.3) is 5.57 Å². The Labute approximate surface area is 143 Å². The molecular formula is C18H19B2BrO. The first-order valence-corrected chi connectivity index (χ1v) is 8.86. The molecule has 0 bridgehead atoms. The molecule has 22 heavy (non-hydrogen) atoms. The van der Waals surface area contributed by atoms with Crippen molar-refractivity contribution in [2.24, 2.45) is 10.8 Å². The average molecular weight is 353 g/mol. The number of methoxy groups -OCH3 is 1. The van der Waals surface area contributed by atoms with Gasteiger partial charge >= 0.3 is 0 Å². The maximum Gasteiger partial charge on any atom is 0.0927 e. The van der Waals surface area contributed by atoms with Crippen molar-refractivity contribution in [3.05, 3.63) is 39.2 Å². The summed E-state index contributed by atoms with van der Waals surface area (Å²) in [6, 6.07) is 6.52. The molecule has 1 aromatic rings. The molecular weight excluding hydrogens is 334 g/mol. The number of hydrogen-bond donors (Lipinski definition) is 0. The van der Waals surface area contributed by atoms with Crippen molar-refractivity contribution in [3.8, 4) is 0 Å². The van der Waals surface area contributed by atoms with Crippen LogP contribution in [0.2, 0.25) is 0 Å². The average Bonchev–Trinajstić information content (AvgIpc) is 3.14. The summed E-state index contributed by atoms with van der Waals surface area (Å²) >= 11 is 3.59. The highest BCUT2D eigenvalue weighted by molar-refractivity contribution is 9.10. The summed E-state index contributed by atoms with van der Waals surface area (Å²) in [6.45, 7) is 0. The predicted octanol–water partition coefficient (Wildman–Crippen LogP) is 3.98. The minimum absolute atomic E-state index is 0.119. The number of allylic oxidation sites excluding steroid dienone is 1. The molecule has 3 aliphatic carbocycles. The first-order valence-electron chi connectivity index (χ1n) is 8.07. The Morgan fingerprint density at radius 3 is 2.68 bits per heavy atom. The second-order valence-electron chi connectivity index (χ2n) is 7.39. The van der Waals surface area contributed by atoms with Crippen LogP contribution in [0.5, 0.6) is 0 Å². The molecule has 110 valence electrons. The molecule has 0 heterocycles. The highest BCUT2D eigenvalue weighted by Crippen LogP contribution is 2.67. The first-order chi connectivity index (χ1) is 10.5. The molecule has 0 N–H and O–H groups in total. The molecule has 0 aromatic heterocycles. The number of halogens is 1. The lowest BCUT2D eigenvalue weighted by molar-refractivity contribution is -0.0182. The number of rotatable bonds is 1. The smallest absolute Gasteiger partial charge is 0.0927 e. The lowest BCUT2D eigenvalue weighted by Crippen LogP contribution is -2.39. The van der Waals surface area contributed by atoms with Crippen LogP contribution in [0.1, 0.15) is 43.2 Å². The van der Waals surface area contributed by atoms with Crippen LogP contribution in [-0.2, 0) is 11.2 Å². The third-order valence-corrected chi connectivity index (χ3v) is 6.62.